The van der Waals surface area contributed by atoms with Gasteiger partial charge in [-0.2, -0.15) is 0 Å². The molecule has 0 aliphatic carbocycles. The van der Waals surface area contributed by atoms with E-state index in [1.54, 1.807) is 0 Å². The Balaban J connectivity index is 2.16. The number of ether oxygens (including phenoxy) is 2. The van der Waals surface area contributed by atoms with E-state index in [4.69, 9.17) is 9.47 Å². The lowest BCUT2D eigenvalue weighted by atomic mass is 10.2. The van der Waals surface area contributed by atoms with Crippen LogP contribution >= 0.6 is 22.9 Å². The first kappa shape index (κ1) is 13.6. The Kier molecular flexibility index (Phi) is 7.07. The molecule has 1 fully saturated rings. The topological polar surface area (TPSA) is 33.7 Å². The van der Waals surface area contributed by atoms with Gasteiger partial charge in [-0.1, -0.05) is 6.92 Å². The van der Waals surface area contributed by atoms with E-state index in [0.29, 0.717) is 12.7 Å². The van der Waals surface area contributed by atoms with Crippen molar-refractivity contribution in [3.8, 4) is 0 Å². The Morgan fingerprint density at radius 3 is 3.07 bits per heavy atom. The van der Waals surface area contributed by atoms with E-state index in [-0.39, 0.29) is 6.10 Å². The summed E-state index contributed by atoms with van der Waals surface area (Å²) in [4.78, 5) is 0. The molecule has 4 nitrogen and oxygen atoms in total. The minimum Gasteiger partial charge on any atom is -0.374 e. The third-order valence-electron chi connectivity index (χ3n) is 2.49. The number of rotatable bonds is 6. The molecule has 2 unspecified atom stereocenters. The van der Waals surface area contributed by atoms with Gasteiger partial charge in [0.2, 0.25) is 0 Å². The van der Waals surface area contributed by atoms with Crippen molar-refractivity contribution in [1.29, 1.82) is 0 Å². The second-order valence-electron chi connectivity index (χ2n) is 3.78. The standard InChI is InChI=1S/C10H21IN2O2/c1-3-9(6-12-2)15-8-10-7-13(11)4-5-14-10/h9-10,12H,3-8H2,1-2H3. The lowest BCUT2D eigenvalue weighted by molar-refractivity contribution is -0.0660. The lowest BCUT2D eigenvalue weighted by Crippen LogP contribution is -2.41. The maximum atomic E-state index is 5.80. The fourth-order valence-electron chi connectivity index (χ4n) is 1.58. The molecule has 15 heavy (non-hydrogen) atoms. The molecular formula is C10H21IN2O2. The zero-order valence-electron chi connectivity index (χ0n) is 9.54. The zero-order valence-corrected chi connectivity index (χ0v) is 11.7. The molecular weight excluding hydrogens is 307 g/mol. The van der Waals surface area contributed by atoms with E-state index in [9.17, 15) is 0 Å². The molecule has 2 atom stereocenters. The molecule has 0 bridgehead atoms. The molecule has 0 amide bonds. The molecule has 0 aromatic heterocycles. The lowest BCUT2D eigenvalue weighted by Gasteiger charge is -2.29. The third-order valence-corrected chi connectivity index (χ3v) is 3.37. The van der Waals surface area contributed by atoms with E-state index in [1.165, 1.54) is 0 Å². The highest BCUT2D eigenvalue weighted by Crippen LogP contribution is 2.10. The highest BCUT2D eigenvalue weighted by molar-refractivity contribution is 14.1. The first-order valence-electron chi connectivity index (χ1n) is 5.54. The highest BCUT2D eigenvalue weighted by atomic mass is 127. The van der Waals surface area contributed by atoms with Crippen molar-refractivity contribution in [2.24, 2.45) is 0 Å². The minimum atomic E-state index is 0.238. The highest BCUT2D eigenvalue weighted by Gasteiger charge is 2.19. The molecule has 1 saturated heterocycles. The van der Waals surface area contributed by atoms with Gasteiger partial charge in [0.1, 0.15) is 0 Å². The van der Waals surface area contributed by atoms with Gasteiger partial charge in [-0.3, -0.25) is 0 Å². The number of hydrogen-bond donors (Lipinski definition) is 1. The van der Waals surface area contributed by atoms with Crippen LogP contribution in [0.2, 0.25) is 0 Å². The Labute approximate surface area is 106 Å². The molecule has 5 heteroatoms. The first-order chi connectivity index (χ1) is 7.26. The van der Waals surface area contributed by atoms with Crippen molar-refractivity contribution < 1.29 is 9.47 Å². The predicted octanol–water partition coefficient (Wildman–Crippen LogP) is 1.05. The fraction of sp³-hybridized carbons (Fsp3) is 1.00. The molecule has 90 valence electrons. The molecule has 0 spiro atoms. The maximum absolute atomic E-state index is 5.80. The van der Waals surface area contributed by atoms with Gasteiger partial charge in [0, 0.05) is 42.5 Å². The van der Waals surface area contributed by atoms with E-state index >= 15 is 0 Å². The number of morpholine rings is 1. The summed E-state index contributed by atoms with van der Waals surface area (Å²) in [5.41, 5.74) is 0. The van der Waals surface area contributed by atoms with Crippen LogP contribution in [-0.4, -0.2) is 55.2 Å². The molecule has 1 aliphatic rings. The number of hydrogen-bond acceptors (Lipinski definition) is 4. The van der Waals surface area contributed by atoms with Gasteiger partial charge < -0.3 is 14.8 Å². The van der Waals surface area contributed by atoms with Crippen molar-refractivity contribution in [1.82, 2.24) is 8.43 Å². The van der Waals surface area contributed by atoms with Crippen LogP contribution in [0.15, 0.2) is 0 Å². The van der Waals surface area contributed by atoms with Crippen LogP contribution in [0.3, 0.4) is 0 Å². The van der Waals surface area contributed by atoms with Gasteiger partial charge in [0.15, 0.2) is 0 Å². The summed E-state index contributed by atoms with van der Waals surface area (Å²) in [6.07, 6.45) is 1.59. The van der Waals surface area contributed by atoms with E-state index in [1.807, 2.05) is 7.05 Å². The monoisotopic (exact) mass is 328 g/mol. The molecule has 1 rings (SSSR count). The fourth-order valence-corrected chi connectivity index (χ4v) is 2.21. The van der Waals surface area contributed by atoms with Crippen LogP contribution in [-0.2, 0) is 9.47 Å². The van der Waals surface area contributed by atoms with Crippen molar-refractivity contribution in [3.63, 3.8) is 0 Å². The average Bonchev–Trinajstić information content (AvgIpc) is 2.24. The first-order valence-corrected chi connectivity index (χ1v) is 6.51. The summed E-state index contributed by atoms with van der Waals surface area (Å²) in [5, 5.41) is 3.14. The Morgan fingerprint density at radius 1 is 1.67 bits per heavy atom. The van der Waals surface area contributed by atoms with E-state index in [2.05, 4.69) is 38.2 Å². The van der Waals surface area contributed by atoms with E-state index < -0.39 is 0 Å². The SMILES string of the molecule is CCC(CNC)OCC1CN(I)CCO1. The van der Waals surface area contributed by atoms with Crippen LogP contribution in [0, 0.1) is 0 Å². The van der Waals surface area contributed by atoms with Crippen molar-refractivity contribution in [2.75, 3.05) is 39.9 Å². The van der Waals surface area contributed by atoms with Crippen molar-refractivity contribution in [2.45, 2.75) is 25.6 Å². The number of halogens is 1. The summed E-state index contributed by atoms with van der Waals surface area (Å²) in [7, 11) is 1.95. The summed E-state index contributed by atoms with van der Waals surface area (Å²) in [5.74, 6) is 0. The van der Waals surface area contributed by atoms with Gasteiger partial charge in [-0.15, -0.1) is 0 Å². The third kappa shape index (κ3) is 5.44. The minimum absolute atomic E-state index is 0.238. The van der Waals surface area contributed by atoms with Crippen LogP contribution in [0.1, 0.15) is 13.3 Å². The summed E-state index contributed by atoms with van der Waals surface area (Å²) >= 11 is 2.34. The summed E-state index contributed by atoms with van der Waals surface area (Å²) < 4.78 is 13.7. The Morgan fingerprint density at radius 2 is 2.47 bits per heavy atom. The van der Waals surface area contributed by atoms with Crippen LogP contribution in [0.25, 0.3) is 0 Å². The molecule has 0 radical (unpaired) electrons. The summed E-state index contributed by atoms with van der Waals surface area (Å²) in [6, 6.07) is 0. The predicted molar refractivity (Wildman–Crippen MR) is 69.3 cm³/mol. The van der Waals surface area contributed by atoms with Gasteiger partial charge >= 0.3 is 0 Å². The molecule has 1 heterocycles. The molecule has 0 aromatic rings. The zero-order chi connectivity index (χ0) is 11.1. The number of nitrogens with zero attached hydrogens (tertiary/aromatic N) is 1. The average molecular weight is 328 g/mol. The van der Waals surface area contributed by atoms with Crippen LogP contribution in [0.5, 0.6) is 0 Å². The second-order valence-corrected chi connectivity index (χ2v) is 5.15. The van der Waals surface area contributed by atoms with Crippen molar-refractivity contribution >= 4 is 22.9 Å². The normalized spacial score (nSPS) is 25.4. The number of likely N-dealkylation sites (N-methyl/N-ethyl adjacent to an activating group) is 1. The quantitative estimate of drug-likeness (QED) is 0.584. The van der Waals surface area contributed by atoms with E-state index in [0.717, 1.165) is 32.7 Å². The molecule has 0 aromatic carbocycles. The molecule has 1 N–H and O–H groups in total. The second kappa shape index (κ2) is 7.78. The largest absolute Gasteiger partial charge is 0.374 e. The Bertz CT molecular complexity index is 172. The van der Waals surface area contributed by atoms with Gasteiger partial charge in [-0.25, -0.2) is 3.11 Å². The molecule has 1 aliphatic heterocycles. The van der Waals surface area contributed by atoms with Crippen LogP contribution < -0.4 is 5.32 Å². The van der Waals surface area contributed by atoms with Gasteiger partial charge in [-0.05, 0) is 13.5 Å². The molecule has 0 saturated carbocycles. The smallest absolute Gasteiger partial charge is 0.0943 e. The Hall–Kier alpha value is 0.570. The van der Waals surface area contributed by atoms with Gasteiger partial charge in [0.05, 0.1) is 25.4 Å². The van der Waals surface area contributed by atoms with Gasteiger partial charge in [0.25, 0.3) is 0 Å². The number of nitrogens with one attached hydrogen (secondary N) is 1. The van der Waals surface area contributed by atoms with Crippen LogP contribution in [0.4, 0.5) is 0 Å². The van der Waals surface area contributed by atoms with Crippen molar-refractivity contribution in [3.05, 3.63) is 0 Å². The summed E-state index contributed by atoms with van der Waals surface area (Å²) in [6.45, 7) is 6.58. The maximum Gasteiger partial charge on any atom is 0.0943 e.